The smallest absolute Gasteiger partial charge is 0.220 e. The van der Waals surface area contributed by atoms with Gasteiger partial charge in [0.1, 0.15) is 0 Å². The third-order valence-corrected chi connectivity index (χ3v) is 3.10. The molecule has 0 radical (unpaired) electrons. The quantitative estimate of drug-likeness (QED) is 0.744. The molecule has 0 amide bonds. The van der Waals surface area contributed by atoms with E-state index in [2.05, 4.69) is 0 Å². The van der Waals surface area contributed by atoms with Gasteiger partial charge in [-0.15, -0.1) is 0 Å². The lowest BCUT2D eigenvalue weighted by atomic mass is 10.3. The summed E-state index contributed by atoms with van der Waals surface area (Å²) in [5.74, 6) is 1.72. The fraction of sp³-hybridized carbons (Fsp3) is 0. The first-order valence-corrected chi connectivity index (χ1v) is 6.30. The highest BCUT2D eigenvalue weighted by molar-refractivity contribution is 5.20. The lowest BCUT2D eigenvalue weighted by Crippen LogP contribution is -3.67. The monoisotopic (exact) mass is 313 g/mol. The third kappa shape index (κ3) is 3.43. The molecule has 0 fully saturated rings. The predicted molar refractivity (Wildman–Crippen MR) is 54.1 cm³/mol. The Morgan fingerprint density at radius 1 is 0.600 bits per heavy atom. The van der Waals surface area contributed by atoms with Crippen LogP contribution in [0.1, 0.15) is 0 Å². The van der Waals surface area contributed by atoms with Gasteiger partial charge in [-0.3, -0.25) is 0 Å². The highest BCUT2D eigenvalue weighted by atomic mass is 127. The van der Waals surface area contributed by atoms with E-state index in [1.807, 2.05) is 60.7 Å². The molecular weight excluding hydrogens is 303 g/mol. The minimum Gasteiger partial charge on any atom is -0.220 e. The molecule has 0 spiro atoms. The Kier molecular flexibility index (Phi) is 3.84. The van der Waals surface area contributed by atoms with Crippen molar-refractivity contribution in [3.63, 3.8) is 0 Å². The van der Waals surface area contributed by atoms with Crippen molar-refractivity contribution in [3.05, 3.63) is 60.7 Å². The fourth-order valence-electron chi connectivity index (χ4n) is 1.03. The van der Waals surface area contributed by atoms with Gasteiger partial charge in [0.15, 0.2) is 11.5 Å². The number of rotatable bonds is 4. The number of para-hydroxylation sites is 2. The van der Waals surface area contributed by atoms with Crippen molar-refractivity contribution < 1.29 is 28.2 Å². The summed E-state index contributed by atoms with van der Waals surface area (Å²) in [6, 6.07) is 19.4. The van der Waals surface area contributed by atoms with Crippen molar-refractivity contribution in [2.75, 3.05) is 0 Å². The summed E-state index contributed by atoms with van der Waals surface area (Å²) in [6.07, 6.45) is 0. The van der Waals surface area contributed by atoms with E-state index in [0.29, 0.717) is 0 Å². The van der Waals surface area contributed by atoms with E-state index in [1.54, 1.807) is 0 Å². The van der Waals surface area contributed by atoms with Crippen LogP contribution in [0.3, 0.4) is 0 Å². The van der Waals surface area contributed by atoms with Crippen LogP contribution in [0, 0.1) is 0 Å². The maximum absolute atomic E-state index is 5.50. The molecule has 2 rings (SSSR count). The van der Waals surface area contributed by atoms with Crippen LogP contribution in [0.5, 0.6) is 11.5 Å². The molecule has 0 atom stereocenters. The highest BCUT2D eigenvalue weighted by Crippen LogP contribution is 2.05. The SMILES string of the molecule is c1ccc(O[I+]Oc2ccccc2)cc1. The highest BCUT2D eigenvalue weighted by Gasteiger charge is 2.15. The zero-order valence-electron chi connectivity index (χ0n) is 7.97. The van der Waals surface area contributed by atoms with Gasteiger partial charge in [-0.05, 0) is 24.3 Å². The molecule has 0 saturated carbocycles. The van der Waals surface area contributed by atoms with E-state index >= 15 is 0 Å². The van der Waals surface area contributed by atoms with Crippen LogP contribution < -0.4 is 28.2 Å². The molecule has 0 aliphatic carbocycles. The van der Waals surface area contributed by atoms with E-state index in [9.17, 15) is 0 Å². The molecule has 76 valence electrons. The Bertz CT molecular complexity index is 349. The summed E-state index contributed by atoms with van der Waals surface area (Å²) in [4.78, 5) is 0. The molecule has 2 aromatic carbocycles. The molecule has 0 aliphatic heterocycles. The van der Waals surface area contributed by atoms with Crippen molar-refractivity contribution in [1.29, 1.82) is 0 Å². The molecule has 0 heterocycles. The van der Waals surface area contributed by atoms with Gasteiger partial charge in [-0.2, -0.15) is 0 Å². The minimum absolute atomic E-state index is 0.732. The Morgan fingerprint density at radius 2 is 1.00 bits per heavy atom. The average molecular weight is 313 g/mol. The zero-order chi connectivity index (χ0) is 10.3. The van der Waals surface area contributed by atoms with Crippen LogP contribution in [-0.2, 0) is 0 Å². The Balaban J connectivity index is 1.81. The second kappa shape index (κ2) is 5.60. The molecule has 2 nitrogen and oxygen atoms in total. The van der Waals surface area contributed by atoms with Crippen molar-refractivity contribution in [2.45, 2.75) is 0 Å². The van der Waals surface area contributed by atoms with E-state index < -0.39 is 22.0 Å². The predicted octanol–water partition coefficient (Wildman–Crippen LogP) is 0.0634. The summed E-state index contributed by atoms with van der Waals surface area (Å²) in [6.45, 7) is 0. The second-order valence-corrected chi connectivity index (χ2v) is 4.08. The van der Waals surface area contributed by atoms with Gasteiger partial charge >= 0.3 is 22.0 Å². The van der Waals surface area contributed by atoms with Crippen LogP contribution in [0.25, 0.3) is 0 Å². The molecule has 0 aromatic heterocycles. The second-order valence-electron chi connectivity index (χ2n) is 2.84. The molecule has 0 bridgehead atoms. The van der Waals surface area contributed by atoms with Crippen LogP contribution in [0.2, 0.25) is 0 Å². The van der Waals surface area contributed by atoms with Crippen LogP contribution in [0.4, 0.5) is 0 Å². The summed E-state index contributed by atoms with van der Waals surface area (Å²) < 4.78 is 11.0. The van der Waals surface area contributed by atoms with E-state index in [0.717, 1.165) is 11.5 Å². The minimum atomic E-state index is -0.732. The molecular formula is C12H10IO2+. The van der Waals surface area contributed by atoms with Gasteiger partial charge < -0.3 is 0 Å². The van der Waals surface area contributed by atoms with Gasteiger partial charge in [0.05, 0.1) is 0 Å². The first-order chi connectivity index (χ1) is 7.45. The molecule has 0 aliphatic rings. The maximum atomic E-state index is 5.50. The largest absolute Gasteiger partial charge is 0.832 e. The van der Waals surface area contributed by atoms with Crippen LogP contribution in [-0.4, -0.2) is 0 Å². The number of benzene rings is 2. The van der Waals surface area contributed by atoms with Crippen LogP contribution in [0.15, 0.2) is 60.7 Å². The summed E-state index contributed by atoms with van der Waals surface area (Å²) in [5.41, 5.74) is 0. The lowest BCUT2D eigenvalue weighted by molar-refractivity contribution is -1.01. The Hall–Kier alpha value is -1.23. The van der Waals surface area contributed by atoms with Crippen molar-refractivity contribution in [2.24, 2.45) is 0 Å². The molecule has 2 aromatic rings. The summed E-state index contributed by atoms with van der Waals surface area (Å²) in [5, 5.41) is 0. The van der Waals surface area contributed by atoms with E-state index in [-0.39, 0.29) is 0 Å². The zero-order valence-corrected chi connectivity index (χ0v) is 10.1. The number of hydrogen-bond acceptors (Lipinski definition) is 2. The van der Waals surface area contributed by atoms with Gasteiger partial charge in [0, 0.05) is 0 Å². The maximum Gasteiger partial charge on any atom is 0.832 e. The van der Waals surface area contributed by atoms with Gasteiger partial charge in [0.25, 0.3) is 0 Å². The van der Waals surface area contributed by atoms with E-state index in [4.69, 9.17) is 6.13 Å². The summed E-state index contributed by atoms with van der Waals surface area (Å²) in [7, 11) is 0. The topological polar surface area (TPSA) is 18.5 Å². The average Bonchev–Trinajstić information content (AvgIpc) is 2.32. The first-order valence-electron chi connectivity index (χ1n) is 4.54. The number of hydrogen-bond donors (Lipinski definition) is 0. The lowest BCUT2D eigenvalue weighted by Gasteiger charge is -1.90. The molecule has 15 heavy (non-hydrogen) atoms. The molecule has 0 N–H and O–H groups in total. The normalized spacial score (nSPS) is 9.60. The van der Waals surface area contributed by atoms with Gasteiger partial charge in [-0.1, -0.05) is 36.4 Å². The third-order valence-electron chi connectivity index (χ3n) is 1.73. The summed E-state index contributed by atoms with van der Waals surface area (Å²) >= 11 is -0.732. The van der Waals surface area contributed by atoms with Gasteiger partial charge in [0.2, 0.25) is 0 Å². The standard InChI is InChI=1S/C12H10IO2/c1-3-7-11(8-4-1)14-13-15-12-9-5-2-6-10-12/h1-10H/q+1. The van der Waals surface area contributed by atoms with Crippen molar-refractivity contribution >= 4 is 0 Å². The fourth-order valence-corrected chi connectivity index (χ4v) is 2.12. The van der Waals surface area contributed by atoms with Crippen molar-refractivity contribution in [1.82, 2.24) is 0 Å². The molecule has 0 unspecified atom stereocenters. The molecule has 3 heteroatoms. The number of halogens is 1. The first kappa shape index (κ1) is 10.3. The molecule has 0 saturated heterocycles. The Labute approximate surface area is 100 Å². The van der Waals surface area contributed by atoms with Gasteiger partial charge in [-0.25, -0.2) is 6.13 Å². The van der Waals surface area contributed by atoms with E-state index in [1.165, 1.54) is 0 Å². The van der Waals surface area contributed by atoms with Crippen molar-refractivity contribution in [3.8, 4) is 11.5 Å². The van der Waals surface area contributed by atoms with Crippen LogP contribution >= 0.6 is 0 Å². The Morgan fingerprint density at radius 3 is 1.40 bits per heavy atom.